The second-order valence-corrected chi connectivity index (χ2v) is 6.58. The highest BCUT2D eigenvalue weighted by Crippen LogP contribution is 2.29. The molecule has 3 rings (SSSR count). The molecule has 3 aromatic rings. The first kappa shape index (κ1) is 18.1. The van der Waals surface area contributed by atoms with Crippen LogP contribution in [0.2, 0.25) is 0 Å². The summed E-state index contributed by atoms with van der Waals surface area (Å²) < 4.78 is 37.7. The zero-order valence-corrected chi connectivity index (χ0v) is 14.4. The van der Waals surface area contributed by atoms with E-state index in [1.54, 1.807) is 23.6 Å². The quantitative estimate of drug-likeness (QED) is 0.702. The Balaban J connectivity index is 1.62. The summed E-state index contributed by atoms with van der Waals surface area (Å²) >= 11 is 1.56. The number of hydrogen-bond acceptors (Lipinski definition) is 3. The zero-order chi connectivity index (χ0) is 18.6. The van der Waals surface area contributed by atoms with E-state index in [1.807, 2.05) is 23.6 Å². The summed E-state index contributed by atoms with van der Waals surface area (Å²) in [4.78, 5) is 17.5. The van der Waals surface area contributed by atoms with Crippen LogP contribution in [0, 0.1) is 0 Å². The van der Waals surface area contributed by atoms with Gasteiger partial charge < -0.3 is 5.32 Å². The number of hydrogen-bond donors (Lipinski definition) is 1. The van der Waals surface area contributed by atoms with E-state index >= 15 is 0 Å². The molecule has 0 bridgehead atoms. The first-order valence-corrected chi connectivity index (χ1v) is 8.72. The molecule has 3 nitrogen and oxygen atoms in total. The number of carbonyl (C=O) groups is 1. The van der Waals surface area contributed by atoms with Crippen LogP contribution in [0.1, 0.15) is 16.7 Å². The number of amides is 1. The highest BCUT2D eigenvalue weighted by atomic mass is 32.1. The lowest BCUT2D eigenvalue weighted by Crippen LogP contribution is -2.25. The number of aromatic nitrogens is 1. The summed E-state index contributed by atoms with van der Waals surface area (Å²) in [5, 5.41) is 4.75. The van der Waals surface area contributed by atoms with E-state index < -0.39 is 11.7 Å². The smallest absolute Gasteiger partial charge is 0.352 e. The Bertz CT molecular complexity index is 875. The van der Waals surface area contributed by atoms with Gasteiger partial charge in [0.05, 0.1) is 22.6 Å². The molecule has 0 aliphatic heterocycles. The second-order valence-electron chi connectivity index (χ2n) is 5.64. The number of nitrogens with zero attached hydrogens (tertiary/aromatic N) is 1. The Hall–Kier alpha value is -2.67. The van der Waals surface area contributed by atoms with Crippen molar-refractivity contribution in [2.45, 2.75) is 19.1 Å². The van der Waals surface area contributed by atoms with E-state index in [-0.39, 0.29) is 12.3 Å². The summed E-state index contributed by atoms with van der Waals surface area (Å²) in [6.07, 6.45) is -2.66. The maximum Gasteiger partial charge on any atom is 0.416 e. The van der Waals surface area contributed by atoms with Gasteiger partial charge in [-0.05, 0) is 40.8 Å². The molecule has 2 aromatic heterocycles. The van der Waals surface area contributed by atoms with Crippen molar-refractivity contribution < 1.29 is 18.0 Å². The Labute approximate surface area is 152 Å². The first-order valence-electron chi connectivity index (χ1n) is 7.84. The minimum Gasteiger partial charge on any atom is -0.352 e. The van der Waals surface area contributed by atoms with Crippen molar-refractivity contribution in [3.05, 3.63) is 76.8 Å². The molecule has 1 aromatic carbocycles. The molecule has 0 saturated carbocycles. The van der Waals surface area contributed by atoms with Crippen molar-refractivity contribution in [2.24, 2.45) is 0 Å². The molecule has 0 radical (unpaired) electrons. The number of nitrogens with one attached hydrogen (secondary N) is 1. The van der Waals surface area contributed by atoms with Crippen LogP contribution in [-0.4, -0.2) is 10.9 Å². The molecule has 7 heteroatoms. The van der Waals surface area contributed by atoms with Gasteiger partial charge in [0.15, 0.2) is 0 Å². The third kappa shape index (κ3) is 4.49. The van der Waals surface area contributed by atoms with Gasteiger partial charge in [0, 0.05) is 12.7 Å². The van der Waals surface area contributed by atoms with Gasteiger partial charge in [-0.25, -0.2) is 0 Å². The molecule has 1 amide bonds. The van der Waals surface area contributed by atoms with Gasteiger partial charge in [0.25, 0.3) is 0 Å². The minimum absolute atomic E-state index is 0.0206. The molecule has 134 valence electrons. The average Bonchev–Trinajstić information content (AvgIpc) is 3.14. The van der Waals surface area contributed by atoms with Crippen molar-refractivity contribution in [3.8, 4) is 10.6 Å². The van der Waals surface area contributed by atoms with Crippen molar-refractivity contribution in [2.75, 3.05) is 0 Å². The van der Waals surface area contributed by atoms with Crippen LogP contribution in [0.15, 0.2) is 60.1 Å². The molecule has 0 unspecified atom stereocenters. The number of pyridine rings is 1. The predicted molar refractivity (Wildman–Crippen MR) is 94.5 cm³/mol. The molecule has 0 aliphatic rings. The van der Waals surface area contributed by atoms with E-state index in [0.717, 1.165) is 28.3 Å². The fourth-order valence-electron chi connectivity index (χ4n) is 2.47. The van der Waals surface area contributed by atoms with Gasteiger partial charge in [-0.3, -0.25) is 9.78 Å². The SMILES string of the molecule is O=C(Cc1ccc(C(F)(F)F)cc1)NCc1cccnc1-c1cccs1. The van der Waals surface area contributed by atoms with Gasteiger partial charge >= 0.3 is 6.18 Å². The Morgan fingerprint density at radius 1 is 1.08 bits per heavy atom. The molecule has 0 spiro atoms. The summed E-state index contributed by atoms with van der Waals surface area (Å²) in [5.74, 6) is -0.259. The van der Waals surface area contributed by atoms with Crippen LogP contribution < -0.4 is 5.32 Å². The van der Waals surface area contributed by atoms with Crippen molar-refractivity contribution in [3.63, 3.8) is 0 Å². The third-order valence-corrected chi connectivity index (χ3v) is 4.64. The van der Waals surface area contributed by atoms with E-state index in [2.05, 4.69) is 10.3 Å². The highest BCUT2D eigenvalue weighted by Gasteiger charge is 2.29. The number of rotatable bonds is 5. The lowest BCUT2D eigenvalue weighted by molar-refractivity contribution is -0.137. The van der Waals surface area contributed by atoms with Gasteiger partial charge in [-0.1, -0.05) is 24.3 Å². The van der Waals surface area contributed by atoms with Crippen LogP contribution in [-0.2, 0) is 23.9 Å². The molecule has 0 aliphatic carbocycles. The maximum atomic E-state index is 12.6. The van der Waals surface area contributed by atoms with Crippen molar-refractivity contribution in [1.82, 2.24) is 10.3 Å². The number of thiophene rings is 1. The lowest BCUT2D eigenvalue weighted by atomic mass is 10.1. The Kier molecular flexibility index (Phi) is 5.37. The maximum absolute atomic E-state index is 12.6. The van der Waals surface area contributed by atoms with E-state index in [0.29, 0.717) is 12.1 Å². The normalized spacial score (nSPS) is 11.3. The Morgan fingerprint density at radius 3 is 2.50 bits per heavy atom. The monoisotopic (exact) mass is 376 g/mol. The molecule has 1 N–H and O–H groups in total. The van der Waals surface area contributed by atoms with Gasteiger partial charge in [-0.2, -0.15) is 13.2 Å². The summed E-state index contributed by atoms with van der Waals surface area (Å²) in [6.45, 7) is 0.306. The van der Waals surface area contributed by atoms with Crippen LogP contribution in [0.4, 0.5) is 13.2 Å². The van der Waals surface area contributed by atoms with Crippen LogP contribution in [0.3, 0.4) is 0 Å². The Morgan fingerprint density at radius 2 is 1.85 bits per heavy atom. The average molecular weight is 376 g/mol. The molecular weight excluding hydrogens is 361 g/mol. The van der Waals surface area contributed by atoms with Gasteiger partial charge in [-0.15, -0.1) is 11.3 Å². The second kappa shape index (κ2) is 7.70. The van der Waals surface area contributed by atoms with Crippen LogP contribution in [0.25, 0.3) is 10.6 Å². The first-order chi connectivity index (χ1) is 12.4. The van der Waals surface area contributed by atoms with E-state index in [4.69, 9.17) is 0 Å². The molecule has 0 fully saturated rings. The van der Waals surface area contributed by atoms with E-state index in [9.17, 15) is 18.0 Å². The van der Waals surface area contributed by atoms with Crippen molar-refractivity contribution >= 4 is 17.2 Å². The molecule has 0 saturated heterocycles. The van der Waals surface area contributed by atoms with Crippen LogP contribution in [0.5, 0.6) is 0 Å². The fraction of sp³-hybridized carbons (Fsp3) is 0.158. The summed E-state index contributed by atoms with van der Waals surface area (Å²) in [7, 11) is 0. The summed E-state index contributed by atoms with van der Waals surface area (Å²) in [6, 6.07) is 12.2. The number of benzene rings is 1. The fourth-order valence-corrected chi connectivity index (χ4v) is 3.23. The lowest BCUT2D eigenvalue weighted by Gasteiger charge is -2.10. The predicted octanol–water partition coefficient (Wildman–Crippen LogP) is 4.69. The topological polar surface area (TPSA) is 42.0 Å². The van der Waals surface area contributed by atoms with Gasteiger partial charge in [0.1, 0.15) is 0 Å². The zero-order valence-electron chi connectivity index (χ0n) is 13.6. The number of carbonyl (C=O) groups excluding carboxylic acids is 1. The largest absolute Gasteiger partial charge is 0.416 e. The molecular formula is C19H15F3N2OS. The minimum atomic E-state index is -4.38. The standard InChI is InChI=1S/C19H15F3N2OS/c20-19(21,22)15-7-5-13(6-8-15)11-17(25)24-12-14-3-1-9-23-18(14)16-4-2-10-26-16/h1-10H,11-12H2,(H,24,25). The van der Waals surface area contributed by atoms with Crippen molar-refractivity contribution in [1.29, 1.82) is 0 Å². The number of alkyl halides is 3. The van der Waals surface area contributed by atoms with Crippen LogP contribution >= 0.6 is 11.3 Å². The molecule has 26 heavy (non-hydrogen) atoms. The molecule has 0 atom stereocenters. The highest BCUT2D eigenvalue weighted by molar-refractivity contribution is 7.13. The molecule has 2 heterocycles. The number of halogens is 3. The summed E-state index contributed by atoms with van der Waals surface area (Å²) in [5.41, 5.74) is 1.51. The third-order valence-electron chi connectivity index (χ3n) is 3.77. The van der Waals surface area contributed by atoms with Gasteiger partial charge in [0.2, 0.25) is 5.91 Å². The van der Waals surface area contributed by atoms with E-state index in [1.165, 1.54) is 12.1 Å².